The summed E-state index contributed by atoms with van der Waals surface area (Å²) in [5.41, 5.74) is 1.25. The molecule has 2 aromatic rings. The van der Waals surface area contributed by atoms with E-state index in [4.69, 9.17) is 21.1 Å². The normalized spacial score (nSPS) is 19.7. The molecular weight excluding hydrogens is 406 g/mol. The number of ether oxygens (including phenoxy) is 2. The summed E-state index contributed by atoms with van der Waals surface area (Å²) in [6, 6.07) is 11.1. The maximum Gasteiger partial charge on any atom is 0.252 e. The van der Waals surface area contributed by atoms with E-state index in [1.807, 2.05) is 30.3 Å². The third kappa shape index (κ3) is 4.91. The van der Waals surface area contributed by atoms with E-state index in [9.17, 15) is 9.59 Å². The Labute approximate surface area is 180 Å². The average molecular weight is 430 g/mol. The number of hydrogen-bond acceptors (Lipinski definition) is 5. The molecule has 0 radical (unpaired) electrons. The van der Waals surface area contributed by atoms with Crippen LogP contribution in [0.15, 0.2) is 42.6 Å². The highest BCUT2D eigenvalue weighted by molar-refractivity contribution is 6.32. The molecule has 2 saturated heterocycles. The van der Waals surface area contributed by atoms with E-state index in [0.29, 0.717) is 49.2 Å². The quantitative estimate of drug-likeness (QED) is 0.763. The number of rotatable bonds is 6. The molecule has 0 saturated carbocycles. The smallest absolute Gasteiger partial charge is 0.252 e. The van der Waals surface area contributed by atoms with Gasteiger partial charge in [-0.15, -0.1) is 0 Å². The second kappa shape index (κ2) is 9.45. The van der Waals surface area contributed by atoms with Crippen molar-refractivity contribution in [1.29, 1.82) is 0 Å². The SMILES string of the molecule is O=C(NC[C@@H]1CC(=O)N(c2ccccc2)C1)c1cnc(OC2CCOCC2)c(Cl)c1. The van der Waals surface area contributed by atoms with Crippen molar-refractivity contribution in [3.8, 4) is 5.88 Å². The van der Waals surface area contributed by atoms with Gasteiger partial charge in [-0.3, -0.25) is 9.59 Å². The van der Waals surface area contributed by atoms with E-state index in [1.54, 1.807) is 11.0 Å². The monoisotopic (exact) mass is 429 g/mol. The number of benzene rings is 1. The number of amides is 2. The molecule has 30 heavy (non-hydrogen) atoms. The van der Waals surface area contributed by atoms with Gasteiger partial charge in [-0.05, 0) is 18.2 Å². The predicted molar refractivity (Wildman–Crippen MR) is 113 cm³/mol. The molecule has 8 heteroatoms. The van der Waals surface area contributed by atoms with Crippen LogP contribution in [0.2, 0.25) is 5.02 Å². The first-order valence-corrected chi connectivity index (χ1v) is 10.5. The number of carbonyl (C=O) groups is 2. The molecule has 2 aliphatic rings. The number of hydrogen-bond donors (Lipinski definition) is 1. The van der Waals surface area contributed by atoms with E-state index in [1.165, 1.54) is 6.20 Å². The topological polar surface area (TPSA) is 80.8 Å². The van der Waals surface area contributed by atoms with Gasteiger partial charge in [-0.25, -0.2) is 4.98 Å². The van der Waals surface area contributed by atoms with E-state index >= 15 is 0 Å². The Hall–Kier alpha value is -2.64. The summed E-state index contributed by atoms with van der Waals surface area (Å²) >= 11 is 6.28. The third-order valence-electron chi connectivity index (χ3n) is 5.34. The highest BCUT2D eigenvalue weighted by atomic mass is 35.5. The van der Waals surface area contributed by atoms with Gasteiger partial charge in [0.2, 0.25) is 11.8 Å². The Morgan fingerprint density at radius 2 is 2.03 bits per heavy atom. The highest BCUT2D eigenvalue weighted by Crippen LogP contribution is 2.26. The Bertz CT molecular complexity index is 903. The molecule has 1 aromatic heterocycles. The number of pyridine rings is 1. The van der Waals surface area contributed by atoms with Gasteiger partial charge in [0.05, 0.1) is 18.8 Å². The van der Waals surface area contributed by atoms with Crippen LogP contribution < -0.4 is 15.0 Å². The zero-order chi connectivity index (χ0) is 20.9. The largest absolute Gasteiger partial charge is 0.473 e. The first-order chi connectivity index (χ1) is 14.6. The third-order valence-corrected chi connectivity index (χ3v) is 5.61. The number of halogens is 1. The Kier molecular flexibility index (Phi) is 6.50. The van der Waals surface area contributed by atoms with Crippen LogP contribution in [0.4, 0.5) is 5.69 Å². The van der Waals surface area contributed by atoms with Crippen molar-refractivity contribution in [2.75, 3.05) is 31.2 Å². The van der Waals surface area contributed by atoms with E-state index in [-0.39, 0.29) is 23.8 Å². The first kappa shape index (κ1) is 20.6. The number of carbonyl (C=O) groups excluding carboxylic acids is 2. The maximum atomic E-state index is 12.5. The van der Waals surface area contributed by atoms with Gasteiger partial charge in [-0.1, -0.05) is 29.8 Å². The Balaban J connectivity index is 1.31. The van der Waals surface area contributed by atoms with Gasteiger partial charge < -0.3 is 19.7 Å². The molecular formula is C22H24ClN3O4. The summed E-state index contributed by atoms with van der Waals surface area (Å²) in [5, 5.41) is 3.19. The van der Waals surface area contributed by atoms with E-state index in [0.717, 1.165) is 18.5 Å². The molecule has 4 rings (SSSR count). The number of aromatic nitrogens is 1. The summed E-state index contributed by atoms with van der Waals surface area (Å²) in [4.78, 5) is 30.8. The van der Waals surface area contributed by atoms with Gasteiger partial charge in [0.25, 0.3) is 5.91 Å². The van der Waals surface area contributed by atoms with Crippen molar-refractivity contribution >= 4 is 29.1 Å². The zero-order valence-electron chi connectivity index (χ0n) is 16.6. The van der Waals surface area contributed by atoms with Crippen LogP contribution in [-0.2, 0) is 9.53 Å². The van der Waals surface area contributed by atoms with Crippen molar-refractivity contribution in [2.24, 2.45) is 5.92 Å². The van der Waals surface area contributed by atoms with E-state index < -0.39 is 0 Å². The number of para-hydroxylation sites is 1. The molecule has 1 aromatic carbocycles. The number of nitrogens with zero attached hydrogens (tertiary/aromatic N) is 2. The van der Waals surface area contributed by atoms with Crippen LogP contribution in [0.3, 0.4) is 0 Å². The highest BCUT2D eigenvalue weighted by Gasteiger charge is 2.30. The molecule has 0 bridgehead atoms. The Morgan fingerprint density at radius 3 is 2.77 bits per heavy atom. The maximum absolute atomic E-state index is 12.5. The fourth-order valence-corrected chi connectivity index (χ4v) is 3.91. The number of anilines is 1. The summed E-state index contributed by atoms with van der Waals surface area (Å²) in [6.45, 7) is 2.31. The van der Waals surface area contributed by atoms with Crippen LogP contribution in [-0.4, -0.2) is 49.2 Å². The minimum Gasteiger partial charge on any atom is -0.473 e. The van der Waals surface area contributed by atoms with Crippen LogP contribution >= 0.6 is 11.6 Å². The summed E-state index contributed by atoms with van der Waals surface area (Å²) in [6.07, 6.45) is 3.48. The zero-order valence-corrected chi connectivity index (χ0v) is 17.3. The van der Waals surface area contributed by atoms with Crippen molar-refractivity contribution in [1.82, 2.24) is 10.3 Å². The molecule has 2 aliphatic heterocycles. The molecule has 2 fully saturated rings. The molecule has 7 nitrogen and oxygen atoms in total. The van der Waals surface area contributed by atoms with Crippen LogP contribution in [0.25, 0.3) is 0 Å². The van der Waals surface area contributed by atoms with Crippen LogP contribution in [0.1, 0.15) is 29.6 Å². The lowest BCUT2D eigenvalue weighted by molar-refractivity contribution is -0.117. The standard InChI is InChI=1S/C22H24ClN3O4/c23-19-11-16(13-25-22(19)30-18-6-8-29-9-7-18)21(28)24-12-15-10-20(27)26(14-15)17-4-2-1-3-5-17/h1-5,11,13,15,18H,6-10,12,14H2,(H,24,28)/t15-/m0/s1. The molecule has 1 atom stereocenters. The number of nitrogens with one attached hydrogen (secondary N) is 1. The van der Waals surface area contributed by atoms with Gasteiger partial charge in [0.1, 0.15) is 11.1 Å². The van der Waals surface area contributed by atoms with Crippen molar-refractivity contribution in [2.45, 2.75) is 25.4 Å². The van der Waals surface area contributed by atoms with Crippen molar-refractivity contribution in [3.05, 3.63) is 53.2 Å². The second-order valence-corrected chi connectivity index (χ2v) is 7.97. The van der Waals surface area contributed by atoms with Crippen LogP contribution in [0, 0.1) is 5.92 Å². The molecule has 0 aliphatic carbocycles. The lowest BCUT2D eigenvalue weighted by Gasteiger charge is -2.23. The minimum absolute atomic E-state index is 0.0240. The lowest BCUT2D eigenvalue weighted by atomic mass is 10.1. The van der Waals surface area contributed by atoms with Crippen molar-refractivity contribution in [3.63, 3.8) is 0 Å². The molecule has 2 amide bonds. The minimum atomic E-state index is -0.271. The van der Waals surface area contributed by atoms with Crippen LogP contribution in [0.5, 0.6) is 5.88 Å². The Morgan fingerprint density at radius 1 is 1.27 bits per heavy atom. The summed E-state index contributed by atoms with van der Waals surface area (Å²) < 4.78 is 11.1. The van der Waals surface area contributed by atoms with Gasteiger partial charge >= 0.3 is 0 Å². The van der Waals surface area contributed by atoms with Gasteiger partial charge in [-0.2, -0.15) is 0 Å². The molecule has 0 spiro atoms. The molecule has 3 heterocycles. The summed E-state index contributed by atoms with van der Waals surface area (Å²) in [7, 11) is 0. The lowest BCUT2D eigenvalue weighted by Crippen LogP contribution is -2.31. The van der Waals surface area contributed by atoms with Gasteiger partial charge in [0, 0.05) is 50.2 Å². The molecule has 1 N–H and O–H groups in total. The van der Waals surface area contributed by atoms with Gasteiger partial charge in [0.15, 0.2) is 0 Å². The molecule has 158 valence electrons. The fourth-order valence-electron chi connectivity index (χ4n) is 3.70. The fraction of sp³-hybridized carbons (Fsp3) is 0.409. The first-order valence-electron chi connectivity index (χ1n) is 10.1. The predicted octanol–water partition coefficient (Wildman–Crippen LogP) is 3.08. The van der Waals surface area contributed by atoms with E-state index in [2.05, 4.69) is 10.3 Å². The summed E-state index contributed by atoms with van der Waals surface area (Å²) in [5.74, 6) is 0.189. The second-order valence-electron chi connectivity index (χ2n) is 7.56. The average Bonchev–Trinajstić information content (AvgIpc) is 3.15. The van der Waals surface area contributed by atoms with Crippen molar-refractivity contribution < 1.29 is 19.1 Å². The molecule has 0 unspecified atom stereocenters.